The van der Waals surface area contributed by atoms with E-state index in [0.717, 1.165) is 32.5 Å². The molecule has 0 radical (unpaired) electrons. The van der Waals surface area contributed by atoms with Crippen LogP contribution in [0.1, 0.15) is 33.1 Å². The Hall–Kier alpha value is -0.0800. The molecule has 1 fully saturated rings. The standard InChI is InChI=1S/C9H19NO/c1-3-9(2,10)8-4-6-11-7-5-8/h8H,3-7,10H2,1-2H3. The lowest BCUT2D eigenvalue weighted by molar-refractivity contribution is 0.0410. The van der Waals surface area contributed by atoms with Crippen molar-refractivity contribution in [1.29, 1.82) is 0 Å². The second-order valence-electron chi connectivity index (χ2n) is 3.75. The van der Waals surface area contributed by atoms with Crippen molar-refractivity contribution < 1.29 is 4.74 Å². The van der Waals surface area contributed by atoms with Crippen LogP contribution in [-0.4, -0.2) is 18.8 Å². The van der Waals surface area contributed by atoms with Crippen molar-refractivity contribution in [2.45, 2.75) is 38.6 Å². The first-order valence-electron chi connectivity index (χ1n) is 4.53. The maximum atomic E-state index is 6.14. The zero-order valence-corrected chi connectivity index (χ0v) is 7.60. The summed E-state index contributed by atoms with van der Waals surface area (Å²) >= 11 is 0. The molecule has 0 aromatic rings. The van der Waals surface area contributed by atoms with Crippen LogP contribution in [-0.2, 0) is 4.74 Å². The monoisotopic (exact) mass is 157 g/mol. The molecule has 1 heterocycles. The van der Waals surface area contributed by atoms with Crippen molar-refractivity contribution in [3.05, 3.63) is 0 Å². The molecule has 1 unspecified atom stereocenters. The number of rotatable bonds is 2. The molecule has 1 rings (SSSR count). The molecule has 1 aliphatic rings. The highest BCUT2D eigenvalue weighted by atomic mass is 16.5. The van der Waals surface area contributed by atoms with E-state index in [1.807, 2.05) is 0 Å². The van der Waals surface area contributed by atoms with Gasteiger partial charge >= 0.3 is 0 Å². The fourth-order valence-corrected chi connectivity index (χ4v) is 1.65. The lowest BCUT2D eigenvalue weighted by atomic mass is 9.79. The van der Waals surface area contributed by atoms with Crippen molar-refractivity contribution in [2.24, 2.45) is 11.7 Å². The van der Waals surface area contributed by atoms with Gasteiger partial charge in [-0.25, -0.2) is 0 Å². The van der Waals surface area contributed by atoms with Gasteiger partial charge in [0, 0.05) is 18.8 Å². The summed E-state index contributed by atoms with van der Waals surface area (Å²) in [6.07, 6.45) is 3.35. The van der Waals surface area contributed by atoms with Gasteiger partial charge in [-0.2, -0.15) is 0 Å². The summed E-state index contributed by atoms with van der Waals surface area (Å²) in [6.45, 7) is 6.12. The quantitative estimate of drug-likeness (QED) is 0.660. The molecular weight excluding hydrogens is 138 g/mol. The van der Waals surface area contributed by atoms with E-state index in [9.17, 15) is 0 Å². The van der Waals surface area contributed by atoms with Crippen molar-refractivity contribution in [3.8, 4) is 0 Å². The predicted molar refractivity (Wildman–Crippen MR) is 46.4 cm³/mol. The Labute approximate surface area is 69.1 Å². The molecule has 1 saturated heterocycles. The lowest BCUT2D eigenvalue weighted by Gasteiger charge is -2.35. The average Bonchev–Trinajstić information content (AvgIpc) is 2.06. The van der Waals surface area contributed by atoms with Gasteiger partial charge in [0.05, 0.1) is 0 Å². The van der Waals surface area contributed by atoms with E-state index in [2.05, 4.69) is 13.8 Å². The minimum atomic E-state index is 0.0315. The van der Waals surface area contributed by atoms with Crippen molar-refractivity contribution in [2.75, 3.05) is 13.2 Å². The van der Waals surface area contributed by atoms with E-state index in [4.69, 9.17) is 10.5 Å². The van der Waals surface area contributed by atoms with Crippen LogP contribution in [0.15, 0.2) is 0 Å². The highest BCUT2D eigenvalue weighted by molar-refractivity contribution is 4.86. The van der Waals surface area contributed by atoms with Gasteiger partial charge in [-0.1, -0.05) is 6.92 Å². The summed E-state index contributed by atoms with van der Waals surface area (Å²) in [5.74, 6) is 0.668. The highest BCUT2D eigenvalue weighted by Gasteiger charge is 2.29. The van der Waals surface area contributed by atoms with E-state index in [1.165, 1.54) is 0 Å². The molecule has 0 aromatic heterocycles. The minimum absolute atomic E-state index is 0.0315. The van der Waals surface area contributed by atoms with Gasteiger partial charge < -0.3 is 10.5 Å². The lowest BCUT2D eigenvalue weighted by Crippen LogP contribution is -2.45. The van der Waals surface area contributed by atoms with Gasteiger partial charge in [0.2, 0.25) is 0 Å². The third-order valence-electron chi connectivity index (χ3n) is 2.92. The third-order valence-corrected chi connectivity index (χ3v) is 2.92. The SMILES string of the molecule is CCC(C)(N)C1CCOCC1. The van der Waals surface area contributed by atoms with Crippen molar-refractivity contribution in [3.63, 3.8) is 0 Å². The van der Waals surface area contributed by atoms with Gasteiger partial charge in [0.15, 0.2) is 0 Å². The molecule has 11 heavy (non-hydrogen) atoms. The van der Waals surface area contributed by atoms with Gasteiger partial charge in [0.1, 0.15) is 0 Å². The molecule has 2 N–H and O–H groups in total. The molecule has 1 aliphatic heterocycles. The number of hydrogen-bond acceptors (Lipinski definition) is 2. The summed E-state index contributed by atoms with van der Waals surface area (Å²) in [4.78, 5) is 0. The Bertz CT molecular complexity index is 117. The second kappa shape index (κ2) is 3.55. The molecule has 2 heteroatoms. The number of hydrogen-bond donors (Lipinski definition) is 1. The molecular formula is C9H19NO. The maximum absolute atomic E-state index is 6.14. The van der Waals surface area contributed by atoms with Gasteiger partial charge in [-0.3, -0.25) is 0 Å². The van der Waals surface area contributed by atoms with Crippen LogP contribution in [0.5, 0.6) is 0 Å². The van der Waals surface area contributed by atoms with Gasteiger partial charge in [0.25, 0.3) is 0 Å². The van der Waals surface area contributed by atoms with Crippen LogP contribution in [0, 0.1) is 5.92 Å². The maximum Gasteiger partial charge on any atom is 0.0469 e. The molecule has 0 bridgehead atoms. The van der Waals surface area contributed by atoms with Crippen LogP contribution >= 0.6 is 0 Å². The first-order chi connectivity index (χ1) is 5.17. The number of nitrogens with two attached hydrogens (primary N) is 1. The van der Waals surface area contributed by atoms with Crippen LogP contribution in [0.2, 0.25) is 0 Å². The normalized spacial score (nSPS) is 26.5. The van der Waals surface area contributed by atoms with Gasteiger partial charge in [-0.15, -0.1) is 0 Å². The Morgan fingerprint density at radius 2 is 2.00 bits per heavy atom. The number of ether oxygens (including phenoxy) is 1. The molecule has 2 nitrogen and oxygen atoms in total. The Kier molecular flexibility index (Phi) is 2.90. The smallest absolute Gasteiger partial charge is 0.0469 e. The zero-order chi connectivity index (χ0) is 8.32. The van der Waals surface area contributed by atoms with Crippen LogP contribution in [0.3, 0.4) is 0 Å². The van der Waals surface area contributed by atoms with Crippen molar-refractivity contribution in [1.82, 2.24) is 0 Å². The molecule has 0 aliphatic carbocycles. The van der Waals surface area contributed by atoms with E-state index < -0.39 is 0 Å². The second-order valence-corrected chi connectivity index (χ2v) is 3.75. The van der Waals surface area contributed by atoms with E-state index in [1.54, 1.807) is 0 Å². The Morgan fingerprint density at radius 3 is 2.45 bits per heavy atom. The highest BCUT2D eigenvalue weighted by Crippen LogP contribution is 2.27. The van der Waals surface area contributed by atoms with Crippen LogP contribution in [0.25, 0.3) is 0 Å². The Balaban J connectivity index is 2.43. The molecule has 1 atom stereocenters. The van der Waals surface area contributed by atoms with E-state index >= 15 is 0 Å². The third kappa shape index (κ3) is 2.17. The summed E-state index contributed by atoms with van der Waals surface area (Å²) in [5.41, 5.74) is 6.17. The summed E-state index contributed by atoms with van der Waals surface area (Å²) < 4.78 is 5.28. The fraction of sp³-hybridized carbons (Fsp3) is 1.00. The average molecular weight is 157 g/mol. The molecule has 0 saturated carbocycles. The zero-order valence-electron chi connectivity index (χ0n) is 7.60. The topological polar surface area (TPSA) is 35.2 Å². The summed E-state index contributed by atoms with van der Waals surface area (Å²) in [6, 6.07) is 0. The molecule has 66 valence electrons. The summed E-state index contributed by atoms with van der Waals surface area (Å²) in [7, 11) is 0. The van der Waals surface area contributed by atoms with Crippen molar-refractivity contribution >= 4 is 0 Å². The first kappa shape index (κ1) is 9.01. The van der Waals surface area contributed by atoms with Gasteiger partial charge in [-0.05, 0) is 32.1 Å². The molecule has 0 aromatic carbocycles. The predicted octanol–water partition coefficient (Wildman–Crippen LogP) is 1.54. The Morgan fingerprint density at radius 1 is 1.45 bits per heavy atom. The summed E-state index contributed by atoms with van der Waals surface area (Å²) in [5, 5.41) is 0. The van der Waals surface area contributed by atoms with E-state index in [-0.39, 0.29) is 5.54 Å². The minimum Gasteiger partial charge on any atom is -0.381 e. The van der Waals surface area contributed by atoms with Crippen LogP contribution in [0.4, 0.5) is 0 Å². The molecule has 0 amide bonds. The molecule has 0 spiro atoms. The first-order valence-corrected chi connectivity index (χ1v) is 4.53. The van der Waals surface area contributed by atoms with E-state index in [0.29, 0.717) is 5.92 Å². The largest absolute Gasteiger partial charge is 0.381 e. The van der Waals surface area contributed by atoms with Crippen LogP contribution < -0.4 is 5.73 Å². The fourth-order valence-electron chi connectivity index (χ4n) is 1.65.